The molecule has 0 amide bonds. The summed E-state index contributed by atoms with van der Waals surface area (Å²) in [5.41, 5.74) is 8.17. The van der Waals surface area contributed by atoms with Crippen LogP contribution < -0.4 is 11.1 Å². The highest BCUT2D eigenvalue weighted by molar-refractivity contribution is 7.12. The van der Waals surface area contributed by atoms with E-state index in [2.05, 4.69) is 32.2 Å². The van der Waals surface area contributed by atoms with Gasteiger partial charge < -0.3 is 11.1 Å². The van der Waals surface area contributed by atoms with Gasteiger partial charge in [0.2, 0.25) is 0 Å². The number of anilines is 1. The molecule has 4 heteroatoms. The van der Waals surface area contributed by atoms with Crippen molar-refractivity contribution in [1.82, 2.24) is 5.32 Å². The van der Waals surface area contributed by atoms with Gasteiger partial charge in [0.25, 0.3) is 0 Å². The van der Waals surface area contributed by atoms with Crippen molar-refractivity contribution < 1.29 is 0 Å². The zero-order valence-electron chi connectivity index (χ0n) is 10.4. The number of aryl methyl sites for hydroxylation is 2. The first-order valence-corrected chi connectivity index (χ1v) is 7.39. The van der Waals surface area contributed by atoms with Gasteiger partial charge >= 0.3 is 0 Å². The molecule has 0 spiro atoms. The van der Waals surface area contributed by atoms with E-state index in [0.717, 1.165) is 12.2 Å². The first-order valence-electron chi connectivity index (χ1n) is 5.70. The molecule has 2 aromatic heterocycles. The van der Waals surface area contributed by atoms with Gasteiger partial charge in [-0.05, 0) is 43.8 Å². The van der Waals surface area contributed by atoms with Crippen LogP contribution in [-0.4, -0.2) is 0 Å². The van der Waals surface area contributed by atoms with E-state index in [-0.39, 0.29) is 0 Å². The van der Waals surface area contributed by atoms with E-state index in [9.17, 15) is 0 Å². The highest BCUT2D eigenvalue weighted by atomic mass is 32.1. The molecule has 0 saturated carbocycles. The van der Waals surface area contributed by atoms with Gasteiger partial charge in [0, 0.05) is 32.9 Å². The second kappa shape index (κ2) is 5.21. The lowest BCUT2D eigenvalue weighted by atomic mass is 10.1. The van der Waals surface area contributed by atoms with Crippen molar-refractivity contribution in [2.75, 3.05) is 5.73 Å². The lowest BCUT2D eigenvalue weighted by Gasteiger charge is -2.13. The Hall–Kier alpha value is -0.840. The van der Waals surface area contributed by atoms with Crippen LogP contribution in [-0.2, 0) is 6.54 Å². The summed E-state index contributed by atoms with van der Waals surface area (Å²) in [5, 5.41) is 5.57. The van der Waals surface area contributed by atoms with Crippen LogP contribution in [0.3, 0.4) is 0 Å². The summed E-state index contributed by atoms with van der Waals surface area (Å²) < 4.78 is 0. The average molecular weight is 266 g/mol. The number of nitrogens with two attached hydrogens (primary N) is 1. The summed E-state index contributed by atoms with van der Waals surface area (Å²) in [6.45, 7) is 7.40. The largest absolute Gasteiger partial charge is 0.398 e. The Morgan fingerprint density at radius 2 is 2.18 bits per heavy atom. The Morgan fingerprint density at radius 1 is 1.41 bits per heavy atom. The molecule has 0 aliphatic rings. The van der Waals surface area contributed by atoms with Gasteiger partial charge in [0.05, 0.1) is 0 Å². The number of nitrogens with one attached hydrogen (secondary N) is 1. The summed E-state index contributed by atoms with van der Waals surface area (Å²) in [5.74, 6) is 0. The number of hydrogen-bond donors (Lipinski definition) is 2. The fourth-order valence-corrected chi connectivity index (χ4v) is 3.70. The SMILES string of the molecule is Cc1cc(C(C)NCc2sccc2N)c(C)s1. The van der Waals surface area contributed by atoms with Crippen LogP contribution in [0.1, 0.15) is 33.2 Å². The zero-order chi connectivity index (χ0) is 12.4. The quantitative estimate of drug-likeness (QED) is 0.882. The average Bonchev–Trinajstić information content (AvgIpc) is 2.81. The second-order valence-electron chi connectivity index (χ2n) is 4.27. The predicted octanol–water partition coefficient (Wildman–Crippen LogP) is 3.86. The Morgan fingerprint density at radius 3 is 2.71 bits per heavy atom. The molecule has 0 saturated heterocycles. The maximum atomic E-state index is 5.87. The third-order valence-electron chi connectivity index (χ3n) is 2.89. The molecule has 1 atom stereocenters. The van der Waals surface area contributed by atoms with E-state index in [1.54, 1.807) is 11.3 Å². The van der Waals surface area contributed by atoms with Crippen LogP contribution in [0.25, 0.3) is 0 Å². The normalized spacial score (nSPS) is 12.9. The summed E-state index contributed by atoms with van der Waals surface area (Å²) in [4.78, 5) is 4.00. The van der Waals surface area contributed by atoms with Crippen molar-refractivity contribution in [3.05, 3.63) is 37.7 Å². The lowest BCUT2D eigenvalue weighted by molar-refractivity contribution is 0.579. The monoisotopic (exact) mass is 266 g/mol. The Kier molecular flexibility index (Phi) is 3.86. The smallest absolute Gasteiger partial charge is 0.0468 e. The Balaban J connectivity index is 2.00. The van der Waals surface area contributed by atoms with Gasteiger partial charge in [-0.1, -0.05) is 0 Å². The first kappa shape index (κ1) is 12.6. The van der Waals surface area contributed by atoms with Crippen LogP contribution in [0.15, 0.2) is 17.5 Å². The minimum absolute atomic E-state index is 0.376. The van der Waals surface area contributed by atoms with Crippen molar-refractivity contribution in [2.24, 2.45) is 0 Å². The van der Waals surface area contributed by atoms with E-state index in [4.69, 9.17) is 5.73 Å². The van der Waals surface area contributed by atoms with Crippen LogP contribution in [0.5, 0.6) is 0 Å². The molecule has 2 heterocycles. The zero-order valence-corrected chi connectivity index (χ0v) is 12.0. The molecular formula is C13H18N2S2. The van der Waals surface area contributed by atoms with Crippen LogP contribution >= 0.6 is 22.7 Å². The molecule has 0 bridgehead atoms. The summed E-state index contributed by atoms with van der Waals surface area (Å²) in [6.07, 6.45) is 0. The number of nitrogen functional groups attached to an aromatic ring is 1. The minimum Gasteiger partial charge on any atom is -0.398 e. The molecule has 1 unspecified atom stereocenters. The van der Waals surface area contributed by atoms with Crippen molar-refractivity contribution >= 4 is 28.4 Å². The van der Waals surface area contributed by atoms with E-state index in [0.29, 0.717) is 6.04 Å². The number of rotatable bonds is 4. The highest BCUT2D eigenvalue weighted by Crippen LogP contribution is 2.27. The van der Waals surface area contributed by atoms with Crippen LogP contribution in [0.2, 0.25) is 0 Å². The fraction of sp³-hybridized carbons (Fsp3) is 0.385. The fourth-order valence-electron chi connectivity index (χ4n) is 1.93. The van der Waals surface area contributed by atoms with Gasteiger partial charge in [-0.2, -0.15) is 0 Å². The summed E-state index contributed by atoms with van der Waals surface area (Å²) >= 11 is 3.57. The molecule has 3 N–H and O–H groups in total. The highest BCUT2D eigenvalue weighted by Gasteiger charge is 2.11. The maximum Gasteiger partial charge on any atom is 0.0468 e. The molecule has 0 aromatic carbocycles. The van der Waals surface area contributed by atoms with Gasteiger partial charge in [-0.3, -0.25) is 0 Å². The molecule has 2 nitrogen and oxygen atoms in total. The van der Waals surface area contributed by atoms with E-state index >= 15 is 0 Å². The molecule has 2 rings (SSSR count). The second-order valence-corrected chi connectivity index (χ2v) is 6.73. The van der Waals surface area contributed by atoms with Crippen molar-refractivity contribution in [3.8, 4) is 0 Å². The van der Waals surface area contributed by atoms with E-state index in [1.807, 2.05) is 22.8 Å². The summed E-state index contributed by atoms with van der Waals surface area (Å²) in [7, 11) is 0. The molecule has 92 valence electrons. The predicted molar refractivity (Wildman–Crippen MR) is 77.8 cm³/mol. The van der Waals surface area contributed by atoms with E-state index in [1.165, 1.54) is 20.2 Å². The molecule has 0 fully saturated rings. The van der Waals surface area contributed by atoms with Crippen molar-refractivity contribution in [2.45, 2.75) is 33.4 Å². The Labute approximate surface area is 110 Å². The standard InChI is InChI=1S/C13H18N2S2/c1-8-6-11(10(3)17-8)9(2)15-7-13-12(14)4-5-16-13/h4-6,9,15H,7,14H2,1-3H3. The number of hydrogen-bond acceptors (Lipinski definition) is 4. The maximum absolute atomic E-state index is 5.87. The third kappa shape index (κ3) is 2.89. The third-order valence-corrected chi connectivity index (χ3v) is 4.81. The van der Waals surface area contributed by atoms with E-state index < -0.39 is 0 Å². The first-order chi connectivity index (χ1) is 8.08. The molecular weight excluding hydrogens is 248 g/mol. The molecule has 0 aliphatic carbocycles. The van der Waals surface area contributed by atoms with Gasteiger partial charge in [-0.25, -0.2) is 0 Å². The Bertz CT molecular complexity index is 499. The van der Waals surface area contributed by atoms with Gasteiger partial charge in [0.15, 0.2) is 0 Å². The minimum atomic E-state index is 0.376. The van der Waals surface area contributed by atoms with Crippen LogP contribution in [0.4, 0.5) is 5.69 Å². The van der Waals surface area contributed by atoms with Crippen molar-refractivity contribution in [1.29, 1.82) is 0 Å². The van der Waals surface area contributed by atoms with Gasteiger partial charge in [-0.15, -0.1) is 22.7 Å². The molecule has 0 radical (unpaired) electrons. The molecule has 0 aliphatic heterocycles. The topological polar surface area (TPSA) is 38.0 Å². The molecule has 2 aromatic rings. The van der Waals surface area contributed by atoms with Crippen LogP contribution in [0, 0.1) is 13.8 Å². The van der Waals surface area contributed by atoms with Gasteiger partial charge in [0.1, 0.15) is 0 Å². The lowest BCUT2D eigenvalue weighted by Crippen LogP contribution is -2.18. The number of thiophene rings is 2. The molecule has 17 heavy (non-hydrogen) atoms. The van der Waals surface area contributed by atoms with Crippen molar-refractivity contribution in [3.63, 3.8) is 0 Å². The summed E-state index contributed by atoms with van der Waals surface area (Å²) in [6, 6.07) is 4.61.